The standard InChI is InChI=1S/C23H27NO5/c1-22(2,3)15-24-18-11-7-5-9-16(18)14-29-23(21(24)27,13-20(25)26)17-10-6-8-12-19(17)28-4/h5-12H,13-15H2,1-4H3,(H,25,26). The Bertz CT molecular complexity index is 917. The van der Waals surface area contributed by atoms with E-state index in [-0.39, 0.29) is 12.0 Å². The predicted molar refractivity (Wildman–Crippen MR) is 110 cm³/mol. The summed E-state index contributed by atoms with van der Waals surface area (Å²) in [5, 5.41) is 9.71. The molecule has 1 amide bonds. The maximum atomic E-state index is 14.0. The highest BCUT2D eigenvalue weighted by Crippen LogP contribution is 2.43. The van der Waals surface area contributed by atoms with Crippen LogP contribution in [0.5, 0.6) is 5.75 Å². The first kappa shape index (κ1) is 20.9. The van der Waals surface area contributed by atoms with E-state index < -0.39 is 23.9 Å². The van der Waals surface area contributed by atoms with Gasteiger partial charge in [0.1, 0.15) is 5.75 Å². The highest BCUT2D eigenvalue weighted by atomic mass is 16.5. The van der Waals surface area contributed by atoms with Crippen LogP contribution in [0.2, 0.25) is 0 Å². The maximum absolute atomic E-state index is 14.0. The molecular weight excluding hydrogens is 370 g/mol. The fourth-order valence-corrected chi connectivity index (χ4v) is 3.72. The molecule has 2 aromatic rings. The van der Waals surface area contributed by atoms with Crippen molar-refractivity contribution in [2.24, 2.45) is 5.41 Å². The molecule has 3 rings (SSSR count). The van der Waals surface area contributed by atoms with E-state index >= 15 is 0 Å². The summed E-state index contributed by atoms with van der Waals surface area (Å²) in [6.07, 6.45) is -0.499. The molecular formula is C23H27NO5. The van der Waals surface area contributed by atoms with Crippen molar-refractivity contribution in [1.29, 1.82) is 0 Å². The van der Waals surface area contributed by atoms with Crippen molar-refractivity contribution in [1.82, 2.24) is 0 Å². The van der Waals surface area contributed by atoms with E-state index in [0.717, 1.165) is 11.3 Å². The molecule has 0 spiro atoms. The number of benzene rings is 2. The quantitative estimate of drug-likeness (QED) is 0.826. The third-order valence-corrected chi connectivity index (χ3v) is 4.92. The molecule has 1 heterocycles. The number of rotatable bonds is 5. The molecule has 2 aromatic carbocycles. The number of carbonyl (C=O) groups excluding carboxylic acids is 1. The number of hydrogen-bond acceptors (Lipinski definition) is 4. The zero-order chi connectivity index (χ0) is 21.2. The molecule has 1 atom stereocenters. The van der Waals surface area contributed by atoms with Gasteiger partial charge in [-0.3, -0.25) is 9.59 Å². The molecule has 0 saturated carbocycles. The van der Waals surface area contributed by atoms with E-state index in [0.29, 0.717) is 17.9 Å². The van der Waals surface area contributed by atoms with Crippen molar-refractivity contribution < 1.29 is 24.2 Å². The Morgan fingerprint density at radius 2 is 1.83 bits per heavy atom. The number of ether oxygens (including phenoxy) is 2. The lowest BCUT2D eigenvalue weighted by Crippen LogP contribution is -2.51. The summed E-state index contributed by atoms with van der Waals surface area (Å²) in [6, 6.07) is 14.5. The maximum Gasteiger partial charge on any atom is 0.307 e. The molecule has 0 radical (unpaired) electrons. The van der Waals surface area contributed by atoms with Crippen LogP contribution in [0.4, 0.5) is 5.69 Å². The molecule has 1 N–H and O–H groups in total. The zero-order valence-corrected chi connectivity index (χ0v) is 17.3. The van der Waals surface area contributed by atoms with Crippen molar-refractivity contribution in [3.63, 3.8) is 0 Å². The summed E-state index contributed by atoms with van der Waals surface area (Å²) >= 11 is 0. The highest BCUT2D eigenvalue weighted by Gasteiger charge is 2.50. The Labute approximate surface area is 171 Å². The first-order valence-corrected chi connectivity index (χ1v) is 9.57. The average Bonchev–Trinajstić information content (AvgIpc) is 2.78. The van der Waals surface area contributed by atoms with E-state index in [1.54, 1.807) is 29.2 Å². The third kappa shape index (κ3) is 4.12. The minimum absolute atomic E-state index is 0.119. The minimum atomic E-state index is -1.69. The third-order valence-electron chi connectivity index (χ3n) is 4.92. The summed E-state index contributed by atoms with van der Waals surface area (Å²) in [7, 11) is 1.50. The van der Waals surface area contributed by atoms with Crippen LogP contribution in [0.3, 0.4) is 0 Å². The van der Waals surface area contributed by atoms with Gasteiger partial charge in [-0.05, 0) is 17.5 Å². The SMILES string of the molecule is COc1ccccc1C1(CC(=O)O)OCc2ccccc2N(CC(C)(C)C)C1=O. The fraction of sp³-hybridized carbons (Fsp3) is 0.391. The lowest BCUT2D eigenvalue weighted by Gasteiger charge is -2.37. The van der Waals surface area contributed by atoms with Crippen LogP contribution in [0.1, 0.15) is 38.3 Å². The van der Waals surface area contributed by atoms with Crippen LogP contribution in [0.25, 0.3) is 0 Å². The number of nitrogens with zero attached hydrogens (tertiary/aromatic N) is 1. The van der Waals surface area contributed by atoms with E-state index in [4.69, 9.17) is 9.47 Å². The molecule has 6 heteroatoms. The Morgan fingerprint density at radius 3 is 2.48 bits per heavy atom. The normalized spacial score (nSPS) is 19.4. The van der Waals surface area contributed by atoms with Crippen LogP contribution in [-0.4, -0.2) is 30.6 Å². The Morgan fingerprint density at radius 1 is 1.17 bits per heavy atom. The fourth-order valence-electron chi connectivity index (χ4n) is 3.72. The zero-order valence-electron chi connectivity index (χ0n) is 17.3. The van der Waals surface area contributed by atoms with Crippen molar-refractivity contribution in [2.75, 3.05) is 18.6 Å². The van der Waals surface area contributed by atoms with Gasteiger partial charge in [0, 0.05) is 23.4 Å². The number of para-hydroxylation sites is 2. The van der Waals surface area contributed by atoms with Crippen LogP contribution in [0.15, 0.2) is 48.5 Å². The largest absolute Gasteiger partial charge is 0.496 e. The number of hydrogen-bond donors (Lipinski definition) is 1. The number of fused-ring (bicyclic) bond motifs is 1. The highest BCUT2D eigenvalue weighted by molar-refractivity contribution is 6.03. The van der Waals surface area contributed by atoms with Crippen molar-refractivity contribution in [3.05, 3.63) is 59.7 Å². The van der Waals surface area contributed by atoms with E-state index in [2.05, 4.69) is 0 Å². The van der Waals surface area contributed by atoms with Gasteiger partial charge in [-0.2, -0.15) is 0 Å². The van der Waals surface area contributed by atoms with Gasteiger partial charge in [0.15, 0.2) is 5.60 Å². The molecule has 0 aliphatic carbocycles. The van der Waals surface area contributed by atoms with Crippen LogP contribution < -0.4 is 9.64 Å². The molecule has 1 unspecified atom stereocenters. The molecule has 0 aromatic heterocycles. The molecule has 1 aliphatic heterocycles. The van der Waals surface area contributed by atoms with Gasteiger partial charge in [0.05, 0.1) is 20.1 Å². The van der Waals surface area contributed by atoms with Gasteiger partial charge in [-0.15, -0.1) is 0 Å². The number of carbonyl (C=O) groups is 2. The van der Waals surface area contributed by atoms with E-state index in [1.807, 2.05) is 45.0 Å². The summed E-state index contributed by atoms with van der Waals surface area (Å²) in [5.74, 6) is -1.10. The molecule has 1 aliphatic rings. The van der Waals surface area contributed by atoms with Gasteiger partial charge < -0.3 is 19.5 Å². The summed E-state index contributed by atoms with van der Waals surface area (Å²) in [5.41, 5.74) is 0.106. The summed E-state index contributed by atoms with van der Waals surface area (Å²) in [4.78, 5) is 27.5. The van der Waals surface area contributed by atoms with Gasteiger partial charge in [-0.25, -0.2) is 0 Å². The predicted octanol–water partition coefficient (Wildman–Crippen LogP) is 3.97. The van der Waals surface area contributed by atoms with Crippen LogP contribution in [0, 0.1) is 5.41 Å². The minimum Gasteiger partial charge on any atom is -0.496 e. The molecule has 29 heavy (non-hydrogen) atoms. The second-order valence-electron chi connectivity index (χ2n) is 8.47. The van der Waals surface area contributed by atoms with Gasteiger partial charge in [-0.1, -0.05) is 57.2 Å². The monoisotopic (exact) mass is 397 g/mol. The van der Waals surface area contributed by atoms with Gasteiger partial charge >= 0.3 is 5.97 Å². The lowest BCUT2D eigenvalue weighted by molar-refractivity contribution is -0.160. The Balaban J connectivity index is 2.24. The number of carboxylic acids is 1. The molecule has 0 fully saturated rings. The van der Waals surface area contributed by atoms with Crippen molar-refractivity contribution in [3.8, 4) is 5.75 Å². The first-order chi connectivity index (χ1) is 13.7. The van der Waals surface area contributed by atoms with Gasteiger partial charge in [0.2, 0.25) is 0 Å². The topological polar surface area (TPSA) is 76.1 Å². The van der Waals surface area contributed by atoms with Crippen LogP contribution in [-0.2, 0) is 26.5 Å². The molecule has 154 valence electrons. The number of methoxy groups -OCH3 is 1. The molecule has 0 saturated heterocycles. The first-order valence-electron chi connectivity index (χ1n) is 9.57. The van der Waals surface area contributed by atoms with Gasteiger partial charge in [0.25, 0.3) is 5.91 Å². The Kier molecular flexibility index (Phi) is 5.66. The lowest BCUT2D eigenvalue weighted by atomic mass is 9.86. The van der Waals surface area contributed by atoms with E-state index in [1.165, 1.54) is 7.11 Å². The Hall–Kier alpha value is -2.86. The smallest absolute Gasteiger partial charge is 0.307 e. The number of amides is 1. The number of aliphatic carboxylic acids is 1. The average molecular weight is 397 g/mol. The second-order valence-corrected chi connectivity index (χ2v) is 8.47. The van der Waals surface area contributed by atoms with Crippen molar-refractivity contribution in [2.45, 2.75) is 39.4 Å². The van der Waals surface area contributed by atoms with Crippen molar-refractivity contribution >= 4 is 17.6 Å². The van der Waals surface area contributed by atoms with E-state index in [9.17, 15) is 14.7 Å². The van der Waals surface area contributed by atoms with Crippen LogP contribution >= 0.6 is 0 Å². The summed E-state index contributed by atoms with van der Waals surface area (Å²) in [6.45, 7) is 6.65. The number of carboxylic acid groups (broad SMARTS) is 1. The molecule has 0 bridgehead atoms. The second kappa shape index (κ2) is 7.87. The summed E-state index contributed by atoms with van der Waals surface area (Å²) < 4.78 is 11.6. The number of anilines is 1. The molecule has 6 nitrogen and oxygen atoms in total.